The second kappa shape index (κ2) is 8.10. The van der Waals surface area contributed by atoms with Gasteiger partial charge >= 0.3 is 0 Å². The molecule has 120 valence electrons. The molecule has 2 N–H and O–H groups in total. The van der Waals surface area contributed by atoms with E-state index in [0.717, 1.165) is 20.5 Å². The molecule has 0 saturated heterocycles. The lowest BCUT2D eigenvalue weighted by Gasteiger charge is -2.07. The monoisotopic (exact) mass is 421 g/mol. The Morgan fingerprint density at radius 1 is 1.09 bits per heavy atom. The van der Waals surface area contributed by atoms with Crippen molar-refractivity contribution in [3.05, 3.63) is 62.7 Å². The molecule has 0 radical (unpaired) electrons. The lowest BCUT2D eigenvalue weighted by molar-refractivity contribution is -0.119. The minimum atomic E-state index is -0.174. The van der Waals surface area contributed by atoms with Gasteiger partial charge in [0.2, 0.25) is 0 Å². The van der Waals surface area contributed by atoms with E-state index in [0.29, 0.717) is 0 Å². The first-order valence-electron chi connectivity index (χ1n) is 7.36. The fourth-order valence-corrected chi connectivity index (χ4v) is 2.33. The zero-order valence-corrected chi connectivity index (χ0v) is 15.6. The molecule has 0 spiro atoms. The van der Waals surface area contributed by atoms with Crippen LogP contribution < -0.4 is 10.7 Å². The number of carbonyl (C=O) groups is 1. The predicted octanol–water partition coefficient (Wildman–Crippen LogP) is 3.86. The Balaban J connectivity index is 1.89. The molecule has 1 amide bonds. The van der Waals surface area contributed by atoms with E-state index in [-0.39, 0.29) is 12.5 Å². The van der Waals surface area contributed by atoms with Gasteiger partial charge in [-0.2, -0.15) is 5.10 Å². The molecule has 23 heavy (non-hydrogen) atoms. The molecule has 0 heterocycles. The van der Waals surface area contributed by atoms with Gasteiger partial charge in [-0.05, 0) is 90.4 Å². The van der Waals surface area contributed by atoms with Gasteiger partial charge in [-0.25, -0.2) is 5.43 Å². The van der Waals surface area contributed by atoms with E-state index in [1.807, 2.05) is 37.3 Å². The number of anilines is 1. The van der Waals surface area contributed by atoms with Crippen molar-refractivity contribution in [3.63, 3.8) is 0 Å². The quantitative estimate of drug-likeness (QED) is 0.438. The van der Waals surface area contributed by atoms with E-state index >= 15 is 0 Å². The molecule has 2 aromatic rings. The minimum absolute atomic E-state index is 0.174. The molecule has 5 heteroatoms. The van der Waals surface area contributed by atoms with E-state index in [4.69, 9.17) is 0 Å². The third kappa shape index (κ3) is 5.35. The molecule has 0 aromatic heterocycles. The van der Waals surface area contributed by atoms with Gasteiger partial charge in [-0.3, -0.25) is 4.79 Å². The molecule has 0 fully saturated rings. The van der Waals surface area contributed by atoms with Crippen molar-refractivity contribution in [3.8, 4) is 0 Å². The zero-order chi connectivity index (χ0) is 16.8. The maximum atomic E-state index is 11.9. The topological polar surface area (TPSA) is 53.5 Å². The van der Waals surface area contributed by atoms with Crippen LogP contribution in [0.3, 0.4) is 0 Å². The van der Waals surface area contributed by atoms with Crippen LogP contribution in [0.25, 0.3) is 0 Å². The largest absolute Gasteiger partial charge is 0.376 e. The van der Waals surface area contributed by atoms with E-state index < -0.39 is 0 Å². The number of aryl methyl sites for hydroxylation is 2. The van der Waals surface area contributed by atoms with Crippen LogP contribution >= 0.6 is 22.6 Å². The minimum Gasteiger partial charge on any atom is -0.376 e. The first-order valence-corrected chi connectivity index (χ1v) is 8.44. The van der Waals surface area contributed by atoms with E-state index in [9.17, 15) is 4.79 Å². The number of nitrogens with zero attached hydrogens (tertiary/aromatic N) is 1. The Labute approximate surface area is 150 Å². The summed E-state index contributed by atoms with van der Waals surface area (Å²) >= 11 is 2.24. The molecular formula is C18H20IN3O. The summed E-state index contributed by atoms with van der Waals surface area (Å²) in [5.41, 5.74) is 7.75. The third-order valence-corrected chi connectivity index (χ3v) is 4.29. The number of benzene rings is 2. The highest BCUT2D eigenvalue weighted by atomic mass is 127. The Hall–Kier alpha value is -1.89. The fourth-order valence-electron chi connectivity index (χ4n) is 1.97. The molecule has 0 aliphatic carbocycles. The fraction of sp³-hybridized carbons (Fsp3) is 0.222. The van der Waals surface area contributed by atoms with Crippen molar-refractivity contribution < 1.29 is 4.79 Å². The van der Waals surface area contributed by atoms with Crippen LogP contribution in [-0.4, -0.2) is 18.2 Å². The summed E-state index contributed by atoms with van der Waals surface area (Å²) in [5.74, 6) is -0.174. The SMILES string of the molecule is CC(=NNC(=O)CNc1ccc(I)cc1)c1ccc(C)c(C)c1. The maximum Gasteiger partial charge on any atom is 0.259 e. The average Bonchev–Trinajstić information content (AvgIpc) is 2.54. The lowest BCUT2D eigenvalue weighted by atomic mass is 10.0. The van der Waals surface area contributed by atoms with Crippen LogP contribution in [0.5, 0.6) is 0 Å². The second-order valence-electron chi connectivity index (χ2n) is 5.39. The van der Waals surface area contributed by atoms with E-state index in [1.54, 1.807) is 0 Å². The van der Waals surface area contributed by atoms with Gasteiger partial charge in [-0.1, -0.05) is 12.1 Å². The number of hydrogen-bond acceptors (Lipinski definition) is 3. The standard InChI is InChI=1S/C18H20IN3O/c1-12-4-5-15(10-13(12)2)14(3)21-22-18(23)11-20-17-8-6-16(19)7-9-17/h4-10,20H,11H2,1-3H3,(H,22,23). The third-order valence-electron chi connectivity index (χ3n) is 3.57. The van der Waals surface area contributed by atoms with Gasteiger partial charge in [-0.15, -0.1) is 0 Å². The summed E-state index contributed by atoms with van der Waals surface area (Å²) in [5, 5.41) is 7.23. The maximum absolute atomic E-state index is 11.9. The molecule has 0 aliphatic heterocycles. The average molecular weight is 421 g/mol. The summed E-state index contributed by atoms with van der Waals surface area (Å²) in [4.78, 5) is 11.9. The molecule has 2 rings (SSSR count). The molecular weight excluding hydrogens is 401 g/mol. The Morgan fingerprint density at radius 2 is 1.78 bits per heavy atom. The summed E-state index contributed by atoms with van der Waals surface area (Å²) in [6, 6.07) is 14.0. The number of rotatable bonds is 5. The molecule has 0 aliphatic rings. The van der Waals surface area contributed by atoms with E-state index in [2.05, 4.69) is 64.4 Å². The summed E-state index contributed by atoms with van der Waals surface area (Å²) < 4.78 is 1.16. The highest BCUT2D eigenvalue weighted by Crippen LogP contribution is 2.11. The predicted molar refractivity (Wildman–Crippen MR) is 104 cm³/mol. The normalized spacial score (nSPS) is 11.2. The van der Waals surface area contributed by atoms with Crippen molar-refractivity contribution in [1.29, 1.82) is 0 Å². The van der Waals surface area contributed by atoms with Gasteiger partial charge in [0.15, 0.2) is 0 Å². The lowest BCUT2D eigenvalue weighted by Crippen LogP contribution is -2.26. The number of halogens is 1. The van der Waals surface area contributed by atoms with E-state index in [1.165, 1.54) is 11.1 Å². The van der Waals surface area contributed by atoms with Crippen LogP contribution in [-0.2, 0) is 4.79 Å². The first-order chi connectivity index (χ1) is 11.0. The molecule has 2 aromatic carbocycles. The van der Waals surface area contributed by atoms with Crippen molar-refractivity contribution in [2.24, 2.45) is 5.10 Å². The van der Waals surface area contributed by atoms with Crippen molar-refractivity contribution in [2.75, 3.05) is 11.9 Å². The summed E-state index contributed by atoms with van der Waals surface area (Å²) in [6.45, 7) is 6.21. The first kappa shape index (κ1) is 17.5. The van der Waals surface area contributed by atoms with Crippen LogP contribution in [0.2, 0.25) is 0 Å². The number of nitrogens with one attached hydrogen (secondary N) is 2. The van der Waals surface area contributed by atoms with Crippen molar-refractivity contribution in [1.82, 2.24) is 5.43 Å². The van der Waals surface area contributed by atoms with Crippen LogP contribution in [0.4, 0.5) is 5.69 Å². The van der Waals surface area contributed by atoms with Crippen LogP contribution in [0, 0.1) is 17.4 Å². The number of carbonyl (C=O) groups excluding carboxylic acids is 1. The Bertz CT molecular complexity index is 724. The van der Waals surface area contributed by atoms with Gasteiger partial charge in [0, 0.05) is 9.26 Å². The molecule has 4 nitrogen and oxygen atoms in total. The van der Waals surface area contributed by atoms with Crippen LogP contribution in [0.15, 0.2) is 47.6 Å². The van der Waals surface area contributed by atoms with Gasteiger partial charge in [0.1, 0.15) is 0 Å². The molecule has 0 unspecified atom stereocenters. The summed E-state index contributed by atoms with van der Waals surface area (Å²) in [6.07, 6.45) is 0. The molecule has 0 bridgehead atoms. The van der Waals surface area contributed by atoms with Gasteiger partial charge < -0.3 is 5.32 Å². The van der Waals surface area contributed by atoms with Crippen LogP contribution in [0.1, 0.15) is 23.6 Å². The molecule has 0 saturated carbocycles. The highest BCUT2D eigenvalue weighted by molar-refractivity contribution is 14.1. The number of hydrogen-bond donors (Lipinski definition) is 2. The molecule has 0 atom stereocenters. The number of hydrazone groups is 1. The number of amides is 1. The highest BCUT2D eigenvalue weighted by Gasteiger charge is 2.03. The van der Waals surface area contributed by atoms with Crippen molar-refractivity contribution >= 4 is 39.9 Å². The van der Waals surface area contributed by atoms with Gasteiger partial charge in [0.05, 0.1) is 12.3 Å². The Kier molecular flexibility index (Phi) is 6.15. The smallest absolute Gasteiger partial charge is 0.259 e. The Morgan fingerprint density at radius 3 is 2.43 bits per heavy atom. The second-order valence-corrected chi connectivity index (χ2v) is 6.64. The zero-order valence-electron chi connectivity index (χ0n) is 13.5. The summed E-state index contributed by atoms with van der Waals surface area (Å²) in [7, 11) is 0. The van der Waals surface area contributed by atoms with Gasteiger partial charge in [0.25, 0.3) is 5.91 Å². The van der Waals surface area contributed by atoms with Crippen molar-refractivity contribution in [2.45, 2.75) is 20.8 Å².